The van der Waals surface area contributed by atoms with E-state index in [9.17, 15) is 0 Å². The molecule has 1 atom stereocenters. The van der Waals surface area contributed by atoms with E-state index in [0.717, 1.165) is 16.9 Å². The molecule has 94 valence electrons. The van der Waals surface area contributed by atoms with Crippen molar-refractivity contribution >= 4 is 0 Å². The Morgan fingerprint density at radius 1 is 1.11 bits per heavy atom. The maximum atomic E-state index is 5.18. The van der Waals surface area contributed by atoms with Crippen molar-refractivity contribution in [1.82, 2.24) is 10.3 Å². The lowest BCUT2D eigenvalue weighted by molar-refractivity contribution is 0.413. The Hall–Kier alpha value is -1.87. The summed E-state index contributed by atoms with van der Waals surface area (Å²) >= 11 is 0. The third-order valence-corrected chi connectivity index (χ3v) is 3.13. The molecule has 3 nitrogen and oxygen atoms in total. The van der Waals surface area contributed by atoms with Gasteiger partial charge in [0.2, 0.25) is 0 Å². The van der Waals surface area contributed by atoms with E-state index >= 15 is 0 Å². The lowest BCUT2D eigenvalue weighted by Gasteiger charge is -2.11. The molecule has 0 amide bonds. The van der Waals surface area contributed by atoms with Crippen LogP contribution in [0, 0.1) is 0 Å². The van der Waals surface area contributed by atoms with Gasteiger partial charge in [-0.1, -0.05) is 24.3 Å². The van der Waals surface area contributed by atoms with Gasteiger partial charge in [0, 0.05) is 17.8 Å². The van der Waals surface area contributed by atoms with Gasteiger partial charge in [0.25, 0.3) is 0 Å². The quantitative estimate of drug-likeness (QED) is 0.894. The van der Waals surface area contributed by atoms with Gasteiger partial charge < -0.3 is 10.1 Å². The predicted molar refractivity (Wildman–Crippen MR) is 73.7 cm³/mol. The molecule has 3 heteroatoms. The fraction of sp³-hybridized carbons (Fsp3) is 0.267. The number of nitrogens with zero attached hydrogens (tertiary/aromatic N) is 1. The van der Waals surface area contributed by atoms with Gasteiger partial charge in [-0.2, -0.15) is 0 Å². The van der Waals surface area contributed by atoms with Crippen molar-refractivity contribution in [1.29, 1.82) is 0 Å². The molecular weight excluding hydrogens is 224 g/mol. The van der Waals surface area contributed by atoms with E-state index in [-0.39, 0.29) is 0 Å². The largest absolute Gasteiger partial charge is 0.495 e. The minimum atomic E-state index is 0.363. The highest BCUT2D eigenvalue weighted by atomic mass is 16.5. The molecule has 1 aromatic carbocycles. The molecule has 2 aromatic rings. The average Bonchev–Trinajstić information content (AvgIpc) is 2.46. The fourth-order valence-corrected chi connectivity index (χ4v) is 1.82. The number of nitrogens with one attached hydrogen (secondary N) is 1. The summed E-state index contributed by atoms with van der Waals surface area (Å²) in [7, 11) is 3.61. The summed E-state index contributed by atoms with van der Waals surface area (Å²) in [5.41, 5.74) is 3.49. The molecule has 0 aliphatic carbocycles. The summed E-state index contributed by atoms with van der Waals surface area (Å²) in [5, 5.41) is 3.23. The Morgan fingerprint density at radius 3 is 2.44 bits per heavy atom. The zero-order valence-electron chi connectivity index (χ0n) is 11.0. The highest BCUT2D eigenvalue weighted by Gasteiger charge is 2.04. The van der Waals surface area contributed by atoms with Gasteiger partial charge in [0.15, 0.2) is 0 Å². The third kappa shape index (κ3) is 2.68. The van der Waals surface area contributed by atoms with Crippen molar-refractivity contribution < 1.29 is 4.74 Å². The lowest BCUT2D eigenvalue weighted by Crippen LogP contribution is -2.11. The van der Waals surface area contributed by atoms with Gasteiger partial charge in [0.1, 0.15) is 5.75 Å². The van der Waals surface area contributed by atoms with Gasteiger partial charge in [-0.25, -0.2) is 0 Å². The van der Waals surface area contributed by atoms with E-state index in [1.54, 1.807) is 13.3 Å². The molecule has 0 saturated heterocycles. The smallest absolute Gasteiger partial charge is 0.137 e. The standard InChI is InChI=1S/C15H18N2O/c1-11(16-2)12-4-6-13(7-5-12)14-8-15(18-3)10-17-9-14/h4-11,16H,1-3H3. The SMILES string of the molecule is CNC(C)c1ccc(-c2cncc(OC)c2)cc1. The molecule has 0 spiro atoms. The molecule has 0 fully saturated rings. The van der Waals surface area contributed by atoms with Crippen LogP contribution in [-0.4, -0.2) is 19.1 Å². The van der Waals surface area contributed by atoms with E-state index in [2.05, 4.69) is 41.5 Å². The predicted octanol–water partition coefficient (Wildman–Crippen LogP) is 3.04. The molecule has 2 rings (SSSR count). The second kappa shape index (κ2) is 5.65. The summed E-state index contributed by atoms with van der Waals surface area (Å²) in [6, 6.07) is 10.8. The van der Waals surface area contributed by atoms with Crippen LogP contribution < -0.4 is 10.1 Å². The third-order valence-electron chi connectivity index (χ3n) is 3.13. The summed E-state index contributed by atoms with van der Waals surface area (Å²) < 4.78 is 5.18. The topological polar surface area (TPSA) is 34.2 Å². The number of aromatic nitrogens is 1. The van der Waals surface area contributed by atoms with Crippen LogP contribution in [-0.2, 0) is 0 Å². The summed E-state index contributed by atoms with van der Waals surface area (Å²) in [4.78, 5) is 4.17. The first-order chi connectivity index (χ1) is 8.74. The van der Waals surface area contributed by atoms with E-state index in [1.807, 2.05) is 19.3 Å². The van der Waals surface area contributed by atoms with Crippen molar-refractivity contribution in [3.05, 3.63) is 48.3 Å². The van der Waals surface area contributed by atoms with Crippen LogP contribution >= 0.6 is 0 Å². The highest BCUT2D eigenvalue weighted by molar-refractivity contribution is 5.64. The molecule has 0 aliphatic rings. The van der Waals surface area contributed by atoms with Crippen LogP contribution in [0.4, 0.5) is 0 Å². The van der Waals surface area contributed by atoms with Gasteiger partial charge in [-0.05, 0) is 31.2 Å². The Bertz CT molecular complexity index is 508. The normalized spacial score (nSPS) is 12.2. The minimum absolute atomic E-state index is 0.363. The Labute approximate surface area is 108 Å². The van der Waals surface area contributed by atoms with Gasteiger partial charge >= 0.3 is 0 Å². The number of hydrogen-bond acceptors (Lipinski definition) is 3. The zero-order chi connectivity index (χ0) is 13.0. The van der Waals surface area contributed by atoms with Crippen LogP contribution in [0.1, 0.15) is 18.5 Å². The molecule has 1 aromatic heterocycles. The Balaban J connectivity index is 2.28. The van der Waals surface area contributed by atoms with Crippen LogP contribution in [0.15, 0.2) is 42.7 Å². The zero-order valence-corrected chi connectivity index (χ0v) is 11.0. The molecule has 0 bridgehead atoms. The van der Waals surface area contributed by atoms with Gasteiger partial charge in [-0.15, -0.1) is 0 Å². The van der Waals surface area contributed by atoms with Gasteiger partial charge in [0.05, 0.1) is 13.3 Å². The maximum Gasteiger partial charge on any atom is 0.137 e. The highest BCUT2D eigenvalue weighted by Crippen LogP contribution is 2.24. The van der Waals surface area contributed by atoms with Crippen LogP contribution in [0.25, 0.3) is 11.1 Å². The molecule has 18 heavy (non-hydrogen) atoms. The van der Waals surface area contributed by atoms with Crippen LogP contribution in [0.2, 0.25) is 0 Å². The lowest BCUT2D eigenvalue weighted by atomic mass is 10.0. The van der Waals surface area contributed by atoms with E-state index in [0.29, 0.717) is 6.04 Å². The van der Waals surface area contributed by atoms with Crippen molar-refractivity contribution in [3.8, 4) is 16.9 Å². The second-order valence-corrected chi connectivity index (χ2v) is 4.25. The number of benzene rings is 1. The molecule has 0 saturated carbocycles. The van der Waals surface area contributed by atoms with Crippen LogP contribution in [0.3, 0.4) is 0 Å². The molecular formula is C15H18N2O. The van der Waals surface area contributed by atoms with Crippen molar-refractivity contribution in [3.63, 3.8) is 0 Å². The van der Waals surface area contributed by atoms with Crippen molar-refractivity contribution in [2.24, 2.45) is 0 Å². The molecule has 0 aliphatic heterocycles. The number of hydrogen-bond donors (Lipinski definition) is 1. The second-order valence-electron chi connectivity index (χ2n) is 4.25. The maximum absolute atomic E-state index is 5.18. The monoisotopic (exact) mass is 242 g/mol. The van der Waals surface area contributed by atoms with E-state index in [4.69, 9.17) is 4.74 Å². The molecule has 0 radical (unpaired) electrons. The van der Waals surface area contributed by atoms with E-state index in [1.165, 1.54) is 5.56 Å². The molecule has 1 N–H and O–H groups in total. The van der Waals surface area contributed by atoms with Gasteiger partial charge in [-0.3, -0.25) is 4.98 Å². The average molecular weight is 242 g/mol. The number of methoxy groups -OCH3 is 1. The molecule has 1 heterocycles. The Kier molecular flexibility index (Phi) is 3.95. The summed E-state index contributed by atoms with van der Waals surface area (Å²) in [5.74, 6) is 0.778. The first kappa shape index (κ1) is 12.6. The van der Waals surface area contributed by atoms with Crippen LogP contribution in [0.5, 0.6) is 5.75 Å². The van der Waals surface area contributed by atoms with Crippen molar-refractivity contribution in [2.45, 2.75) is 13.0 Å². The van der Waals surface area contributed by atoms with E-state index < -0.39 is 0 Å². The number of ether oxygens (including phenoxy) is 1. The first-order valence-corrected chi connectivity index (χ1v) is 6.01. The minimum Gasteiger partial charge on any atom is -0.495 e. The number of pyridine rings is 1. The molecule has 1 unspecified atom stereocenters. The van der Waals surface area contributed by atoms with Crippen molar-refractivity contribution in [2.75, 3.05) is 14.2 Å². The first-order valence-electron chi connectivity index (χ1n) is 6.01. The fourth-order valence-electron chi connectivity index (χ4n) is 1.82. The Morgan fingerprint density at radius 2 is 1.83 bits per heavy atom. The summed E-state index contributed by atoms with van der Waals surface area (Å²) in [6.45, 7) is 2.14. The number of rotatable bonds is 4. The summed E-state index contributed by atoms with van der Waals surface area (Å²) in [6.07, 6.45) is 3.56.